The van der Waals surface area contributed by atoms with E-state index in [-0.39, 0.29) is 0 Å². The lowest BCUT2D eigenvalue weighted by molar-refractivity contribution is 0.932. The van der Waals surface area contributed by atoms with Crippen molar-refractivity contribution in [2.45, 2.75) is 13.8 Å². The Morgan fingerprint density at radius 1 is 1.22 bits per heavy atom. The number of imidazole rings is 1. The SMILES string of the molecule is Cc1nc(C#N)c(C)n1-c1nc2ccccc2s1. The van der Waals surface area contributed by atoms with Crippen LogP contribution < -0.4 is 0 Å². The van der Waals surface area contributed by atoms with Crippen molar-refractivity contribution in [2.75, 3.05) is 0 Å². The zero-order valence-corrected chi connectivity index (χ0v) is 10.8. The molecule has 0 unspecified atom stereocenters. The molecule has 0 spiro atoms. The molecule has 0 amide bonds. The summed E-state index contributed by atoms with van der Waals surface area (Å²) in [6.07, 6.45) is 0. The van der Waals surface area contributed by atoms with Crippen molar-refractivity contribution >= 4 is 21.6 Å². The van der Waals surface area contributed by atoms with E-state index in [2.05, 4.69) is 16.0 Å². The molecule has 0 aliphatic carbocycles. The van der Waals surface area contributed by atoms with Gasteiger partial charge in [-0.3, -0.25) is 4.57 Å². The summed E-state index contributed by atoms with van der Waals surface area (Å²) in [5, 5.41) is 9.86. The topological polar surface area (TPSA) is 54.5 Å². The highest BCUT2D eigenvalue weighted by molar-refractivity contribution is 7.20. The molecular formula is C13H10N4S. The number of thiazole rings is 1. The van der Waals surface area contributed by atoms with E-state index < -0.39 is 0 Å². The molecule has 0 N–H and O–H groups in total. The normalized spacial score (nSPS) is 10.7. The Hall–Kier alpha value is -2.19. The number of nitrogens with zero attached hydrogens (tertiary/aromatic N) is 4. The van der Waals surface area contributed by atoms with Crippen LogP contribution in [0, 0.1) is 25.2 Å². The highest BCUT2D eigenvalue weighted by atomic mass is 32.1. The van der Waals surface area contributed by atoms with Crippen LogP contribution in [0.3, 0.4) is 0 Å². The maximum absolute atomic E-state index is 9.00. The molecule has 0 saturated heterocycles. The van der Waals surface area contributed by atoms with E-state index in [1.807, 2.05) is 42.7 Å². The summed E-state index contributed by atoms with van der Waals surface area (Å²) < 4.78 is 3.07. The molecule has 0 fully saturated rings. The second kappa shape index (κ2) is 3.93. The Balaban J connectivity index is 2.26. The Morgan fingerprint density at radius 3 is 2.67 bits per heavy atom. The molecule has 0 radical (unpaired) electrons. The Labute approximate surface area is 108 Å². The van der Waals surface area contributed by atoms with Crippen LogP contribution in [0.4, 0.5) is 0 Å². The molecule has 0 atom stereocenters. The van der Waals surface area contributed by atoms with Gasteiger partial charge in [-0.25, -0.2) is 9.97 Å². The first-order valence-electron chi connectivity index (χ1n) is 5.52. The van der Waals surface area contributed by atoms with Crippen LogP contribution in [0.2, 0.25) is 0 Å². The van der Waals surface area contributed by atoms with Gasteiger partial charge in [0.05, 0.1) is 15.9 Å². The summed E-state index contributed by atoms with van der Waals surface area (Å²) >= 11 is 1.60. The van der Waals surface area contributed by atoms with E-state index >= 15 is 0 Å². The van der Waals surface area contributed by atoms with Gasteiger partial charge in [-0.1, -0.05) is 23.5 Å². The predicted molar refractivity (Wildman–Crippen MR) is 70.9 cm³/mol. The van der Waals surface area contributed by atoms with E-state index in [1.165, 1.54) is 0 Å². The molecule has 88 valence electrons. The highest BCUT2D eigenvalue weighted by Crippen LogP contribution is 2.27. The van der Waals surface area contributed by atoms with Gasteiger partial charge in [0.15, 0.2) is 10.8 Å². The molecule has 4 nitrogen and oxygen atoms in total. The van der Waals surface area contributed by atoms with Crippen LogP contribution in [0.15, 0.2) is 24.3 Å². The standard InChI is InChI=1S/C13H10N4S/c1-8-11(7-14)15-9(2)17(8)13-16-10-5-3-4-6-12(10)18-13/h3-6H,1-2H3. The minimum absolute atomic E-state index is 0.465. The number of aryl methyl sites for hydroxylation is 1. The average molecular weight is 254 g/mol. The molecule has 0 aliphatic rings. The Bertz CT molecular complexity index is 743. The maximum Gasteiger partial charge on any atom is 0.196 e. The van der Waals surface area contributed by atoms with Crippen molar-refractivity contribution < 1.29 is 0 Å². The van der Waals surface area contributed by atoms with Gasteiger partial charge < -0.3 is 0 Å². The molecule has 0 bridgehead atoms. The average Bonchev–Trinajstić information content (AvgIpc) is 2.89. The van der Waals surface area contributed by atoms with Gasteiger partial charge in [0.1, 0.15) is 11.9 Å². The zero-order chi connectivity index (χ0) is 12.7. The number of benzene rings is 1. The van der Waals surface area contributed by atoms with Gasteiger partial charge in [0.2, 0.25) is 0 Å². The van der Waals surface area contributed by atoms with Gasteiger partial charge in [0.25, 0.3) is 0 Å². The second-order valence-corrected chi connectivity index (χ2v) is 5.01. The quantitative estimate of drug-likeness (QED) is 0.670. The zero-order valence-electron chi connectivity index (χ0n) is 10.0. The maximum atomic E-state index is 9.00. The predicted octanol–water partition coefficient (Wildman–Crippen LogP) is 2.97. The summed E-state index contributed by atoms with van der Waals surface area (Å²) in [5.41, 5.74) is 2.28. The Morgan fingerprint density at radius 2 is 2.00 bits per heavy atom. The van der Waals surface area contributed by atoms with Crippen molar-refractivity contribution in [3.63, 3.8) is 0 Å². The van der Waals surface area contributed by atoms with Crippen LogP contribution in [-0.4, -0.2) is 14.5 Å². The first kappa shape index (κ1) is 10.9. The van der Waals surface area contributed by atoms with E-state index in [9.17, 15) is 0 Å². The largest absolute Gasteiger partial charge is 0.275 e. The van der Waals surface area contributed by atoms with Gasteiger partial charge >= 0.3 is 0 Å². The molecule has 2 heterocycles. The van der Waals surface area contributed by atoms with Gasteiger partial charge in [-0.15, -0.1) is 0 Å². The van der Waals surface area contributed by atoms with Crippen LogP contribution in [-0.2, 0) is 0 Å². The molecule has 18 heavy (non-hydrogen) atoms. The summed E-state index contributed by atoms with van der Waals surface area (Å²) in [5.74, 6) is 0.795. The smallest absolute Gasteiger partial charge is 0.196 e. The van der Waals surface area contributed by atoms with Crippen molar-refractivity contribution in [3.05, 3.63) is 41.5 Å². The summed E-state index contributed by atoms with van der Waals surface area (Å²) in [7, 11) is 0. The molecule has 3 aromatic rings. The highest BCUT2D eigenvalue weighted by Gasteiger charge is 2.14. The monoisotopic (exact) mass is 254 g/mol. The first-order valence-corrected chi connectivity index (χ1v) is 6.34. The lowest BCUT2D eigenvalue weighted by atomic mass is 10.3. The minimum Gasteiger partial charge on any atom is -0.275 e. The van der Waals surface area contributed by atoms with Crippen LogP contribution in [0.5, 0.6) is 0 Å². The molecule has 5 heteroatoms. The number of fused-ring (bicyclic) bond motifs is 1. The number of nitriles is 1. The molecule has 1 aromatic carbocycles. The van der Waals surface area contributed by atoms with E-state index in [0.717, 1.165) is 26.9 Å². The van der Waals surface area contributed by atoms with Crippen LogP contribution >= 0.6 is 11.3 Å². The van der Waals surface area contributed by atoms with E-state index in [1.54, 1.807) is 11.3 Å². The molecule has 0 aliphatic heterocycles. The third-order valence-electron chi connectivity index (χ3n) is 2.86. The summed E-state index contributed by atoms with van der Waals surface area (Å²) in [6, 6.07) is 10.1. The van der Waals surface area contributed by atoms with Crippen molar-refractivity contribution in [1.29, 1.82) is 5.26 Å². The van der Waals surface area contributed by atoms with E-state index in [0.29, 0.717) is 5.69 Å². The van der Waals surface area contributed by atoms with Gasteiger partial charge in [0, 0.05) is 0 Å². The van der Waals surface area contributed by atoms with Gasteiger partial charge in [-0.2, -0.15) is 5.26 Å². The molecule has 0 saturated carbocycles. The van der Waals surface area contributed by atoms with Crippen molar-refractivity contribution in [1.82, 2.24) is 14.5 Å². The lowest BCUT2D eigenvalue weighted by Gasteiger charge is -2.01. The third kappa shape index (κ3) is 1.50. The number of hydrogen-bond donors (Lipinski definition) is 0. The fraction of sp³-hybridized carbons (Fsp3) is 0.154. The Kier molecular flexibility index (Phi) is 2.39. The lowest BCUT2D eigenvalue weighted by Crippen LogP contribution is -1.98. The van der Waals surface area contributed by atoms with E-state index in [4.69, 9.17) is 5.26 Å². The first-order chi connectivity index (χ1) is 8.70. The summed E-state index contributed by atoms with van der Waals surface area (Å²) in [4.78, 5) is 8.83. The molecule has 3 rings (SSSR count). The number of aromatic nitrogens is 3. The fourth-order valence-electron chi connectivity index (χ4n) is 1.98. The third-order valence-corrected chi connectivity index (χ3v) is 3.88. The van der Waals surface area contributed by atoms with Gasteiger partial charge in [-0.05, 0) is 26.0 Å². The second-order valence-electron chi connectivity index (χ2n) is 4.00. The number of para-hydroxylation sites is 1. The van der Waals surface area contributed by atoms with Crippen molar-refractivity contribution in [2.24, 2.45) is 0 Å². The number of hydrogen-bond acceptors (Lipinski definition) is 4. The van der Waals surface area contributed by atoms with Crippen LogP contribution in [0.1, 0.15) is 17.2 Å². The van der Waals surface area contributed by atoms with Crippen LogP contribution in [0.25, 0.3) is 15.3 Å². The van der Waals surface area contributed by atoms with Crippen molar-refractivity contribution in [3.8, 4) is 11.2 Å². The number of rotatable bonds is 1. The minimum atomic E-state index is 0.465. The molecule has 2 aromatic heterocycles. The summed E-state index contributed by atoms with van der Waals surface area (Å²) in [6.45, 7) is 3.78. The fourth-order valence-corrected chi connectivity index (χ4v) is 3.05. The molecular weight excluding hydrogens is 244 g/mol.